The van der Waals surface area contributed by atoms with E-state index in [1.165, 1.54) is 13.0 Å². The molecule has 0 aromatic rings. The fourth-order valence-electron chi connectivity index (χ4n) is 1.98. The van der Waals surface area contributed by atoms with E-state index in [0.717, 1.165) is 10.5 Å². The van der Waals surface area contributed by atoms with Gasteiger partial charge in [-0.2, -0.15) is 0 Å². The van der Waals surface area contributed by atoms with Crippen molar-refractivity contribution in [2.75, 3.05) is 13.6 Å². The van der Waals surface area contributed by atoms with Crippen LogP contribution in [0.2, 0.25) is 4.59 Å². The van der Waals surface area contributed by atoms with Gasteiger partial charge in [-0.05, 0) is 0 Å². The van der Waals surface area contributed by atoms with Gasteiger partial charge in [-0.15, -0.1) is 0 Å². The zero-order chi connectivity index (χ0) is 8.65. The van der Waals surface area contributed by atoms with Crippen molar-refractivity contribution >= 4 is 17.7 Å². The molecule has 0 amide bonds. The third-order valence-electron chi connectivity index (χ3n) is 3.87. The Balaban J connectivity index is 2.72. The molecule has 1 saturated heterocycles. The first-order valence-corrected chi connectivity index (χ1v) is 4.67. The Morgan fingerprint density at radius 2 is 2.00 bits per heavy atom. The summed E-state index contributed by atoms with van der Waals surface area (Å²) < 4.78 is 0.890. The van der Waals surface area contributed by atoms with Crippen LogP contribution in [0.4, 0.5) is 0 Å². The fraction of sp³-hybridized carbons (Fsp3) is 1.00. The summed E-state index contributed by atoms with van der Waals surface area (Å²) >= 11 is 2.37. The van der Waals surface area contributed by atoms with Crippen molar-refractivity contribution in [3.8, 4) is 0 Å². The second-order valence-electron chi connectivity index (χ2n) is 4.63. The molecular formula is C9H18LiN. The van der Waals surface area contributed by atoms with Gasteiger partial charge in [0.1, 0.15) is 0 Å². The zero-order valence-corrected chi connectivity index (χ0v) is 8.52. The van der Waals surface area contributed by atoms with Gasteiger partial charge >= 0.3 is 79.4 Å². The molecule has 0 N–H and O–H groups in total. The van der Waals surface area contributed by atoms with Crippen LogP contribution in [0.25, 0.3) is 0 Å². The molecule has 0 aromatic heterocycles. The van der Waals surface area contributed by atoms with Crippen LogP contribution in [-0.4, -0.2) is 41.7 Å². The Labute approximate surface area is 79.7 Å². The van der Waals surface area contributed by atoms with Crippen molar-refractivity contribution in [3.63, 3.8) is 0 Å². The number of piperidine rings is 1. The minimum atomic E-state index is 0.400. The molecule has 2 heteroatoms. The molecule has 1 aliphatic heterocycles. The molecular weight excluding hydrogens is 129 g/mol. The predicted molar refractivity (Wildman–Crippen MR) is 50.0 cm³/mol. The van der Waals surface area contributed by atoms with Gasteiger partial charge in [-0.25, -0.2) is 0 Å². The average Bonchev–Trinajstić information content (AvgIpc) is 1.95. The van der Waals surface area contributed by atoms with Gasteiger partial charge in [-0.3, -0.25) is 0 Å². The Morgan fingerprint density at radius 1 is 1.45 bits per heavy atom. The summed E-state index contributed by atoms with van der Waals surface area (Å²) in [6.45, 7) is 8.35. The Kier molecular flexibility index (Phi) is 2.74. The van der Waals surface area contributed by atoms with E-state index in [1.54, 1.807) is 0 Å². The summed E-state index contributed by atoms with van der Waals surface area (Å²) in [5.74, 6) is 0.821. The Hall–Kier alpha value is 0.557. The number of hydrogen-bond donors (Lipinski definition) is 0. The van der Waals surface area contributed by atoms with Crippen molar-refractivity contribution in [1.29, 1.82) is 0 Å². The second kappa shape index (κ2) is 3.13. The van der Waals surface area contributed by atoms with Gasteiger partial charge in [0.25, 0.3) is 0 Å². The van der Waals surface area contributed by atoms with E-state index in [4.69, 9.17) is 0 Å². The fourth-order valence-corrected chi connectivity index (χ4v) is 1.98. The van der Waals surface area contributed by atoms with Crippen molar-refractivity contribution in [2.45, 2.75) is 37.3 Å². The van der Waals surface area contributed by atoms with Crippen molar-refractivity contribution in [3.05, 3.63) is 0 Å². The third-order valence-corrected chi connectivity index (χ3v) is 3.87. The number of likely N-dealkylation sites (tertiary alicyclic amines) is 1. The van der Waals surface area contributed by atoms with Crippen molar-refractivity contribution in [2.24, 2.45) is 5.92 Å². The summed E-state index contributed by atoms with van der Waals surface area (Å²) in [6.07, 6.45) is 1.36. The summed E-state index contributed by atoms with van der Waals surface area (Å²) in [5, 5.41) is 0. The summed E-state index contributed by atoms with van der Waals surface area (Å²) in [4.78, 5) is 2.48. The molecule has 0 radical (unpaired) electrons. The van der Waals surface area contributed by atoms with Crippen LogP contribution >= 0.6 is 0 Å². The summed E-state index contributed by atoms with van der Waals surface area (Å²) in [7, 11) is 2.24. The normalized spacial score (nSPS) is 39.1. The van der Waals surface area contributed by atoms with Gasteiger partial charge in [0.05, 0.1) is 0 Å². The molecule has 0 bridgehead atoms. The summed E-state index contributed by atoms with van der Waals surface area (Å²) in [5.41, 5.74) is 0.400. The van der Waals surface area contributed by atoms with Crippen LogP contribution in [-0.2, 0) is 0 Å². The van der Waals surface area contributed by atoms with Gasteiger partial charge in [0, 0.05) is 0 Å². The first kappa shape index (κ1) is 9.64. The van der Waals surface area contributed by atoms with Crippen LogP contribution in [0.3, 0.4) is 0 Å². The predicted octanol–water partition coefficient (Wildman–Crippen LogP) is 1.69. The molecule has 11 heavy (non-hydrogen) atoms. The molecule has 2 unspecified atom stereocenters. The van der Waals surface area contributed by atoms with E-state index in [1.807, 2.05) is 0 Å². The third kappa shape index (κ3) is 1.66. The quantitative estimate of drug-likeness (QED) is 0.471. The Bertz CT molecular complexity index is 144. The molecule has 0 aromatic carbocycles. The standard InChI is InChI=1S/C9H18N.Li/c1-8-6-5-7-10(4)9(8,2)3;/h6,8H,5,7H2,1-4H3;. The van der Waals surface area contributed by atoms with E-state index in [0.29, 0.717) is 5.54 Å². The SMILES string of the molecule is [Li][CH]1CCN(C)C(C)(C)C1C. The Morgan fingerprint density at radius 3 is 2.45 bits per heavy atom. The van der Waals surface area contributed by atoms with E-state index in [9.17, 15) is 0 Å². The molecule has 1 rings (SSSR count). The van der Waals surface area contributed by atoms with Crippen LogP contribution in [0.1, 0.15) is 27.2 Å². The molecule has 2 atom stereocenters. The van der Waals surface area contributed by atoms with Gasteiger partial charge < -0.3 is 0 Å². The van der Waals surface area contributed by atoms with E-state index in [-0.39, 0.29) is 0 Å². The van der Waals surface area contributed by atoms with Gasteiger partial charge in [0.15, 0.2) is 0 Å². The number of nitrogens with zero attached hydrogens (tertiary/aromatic N) is 1. The van der Waals surface area contributed by atoms with Crippen molar-refractivity contribution in [1.82, 2.24) is 4.90 Å². The molecule has 1 aliphatic rings. The maximum absolute atomic E-state index is 2.48. The molecule has 60 valence electrons. The summed E-state index contributed by atoms with van der Waals surface area (Å²) in [6, 6.07) is 0. The minimum absolute atomic E-state index is 0.400. The van der Waals surface area contributed by atoms with Gasteiger partial charge in [-0.1, -0.05) is 0 Å². The van der Waals surface area contributed by atoms with Crippen LogP contribution < -0.4 is 0 Å². The van der Waals surface area contributed by atoms with E-state index in [2.05, 4.69) is 50.4 Å². The topological polar surface area (TPSA) is 3.24 Å². The average molecular weight is 147 g/mol. The molecule has 1 nitrogen and oxygen atoms in total. The number of rotatable bonds is 0. The monoisotopic (exact) mass is 147 g/mol. The second-order valence-corrected chi connectivity index (χ2v) is 4.63. The van der Waals surface area contributed by atoms with E-state index < -0.39 is 0 Å². The van der Waals surface area contributed by atoms with Crippen LogP contribution in [0, 0.1) is 5.92 Å². The number of hydrogen-bond acceptors (Lipinski definition) is 1. The van der Waals surface area contributed by atoms with Gasteiger partial charge in [0.2, 0.25) is 0 Å². The molecule has 1 heterocycles. The molecule has 0 aliphatic carbocycles. The maximum atomic E-state index is 2.48. The van der Waals surface area contributed by atoms with E-state index >= 15 is 0 Å². The molecule has 0 saturated carbocycles. The zero-order valence-electron chi connectivity index (χ0n) is 8.52. The van der Waals surface area contributed by atoms with Crippen LogP contribution in [0.5, 0.6) is 0 Å². The van der Waals surface area contributed by atoms with Crippen molar-refractivity contribution < 1.29 is 0 Å². The first-order chi connectivity index (χ1) is 4.96. The van der Waals surface area contributed by atoms with Crippen LogP contribution in [0.15, 0.2) is 0 Å². The molecule has 0 spiro atoms. The first-order valence-electron chi connectivity index (χ1n) is 4.67. The molecule has 1 fully saturated rings.